The normalized spacial score (nSPS) is 25.2. The van der Waals surface area contributed by atoms with E-state index in [1.165, 1.54) is 113 Å². The van der Waals surface area contributed by atoms with Gasteiger partial charge in [0.2, 0.25) is 0 Å². The van der Waals surface area contributed by atoms with Gasteiger partial charge in [-0.2, -0.15) is 0 Å². The molecule has 2 aliphatic carbocycles. The molecule has 0 heterocycles. The molecule has 0 saturated heterocycles. The zero-order valence-electron chi connectivity index (χ0n) is 22.7. The van der Waals surface area contributed by atoms with E-state index in [0.717, 1.165) is 23.7 Å². The van der Waals surface area contributed by atoms with Crippen LogP contribution in [0.3, 0.4) is 0 Å². The fraction of sp³-hybridized carbons (Fsp3) is 0.600. The average molecular weight is 471 g/mol. The average Bonchev–Trinajstić information content (AvgIpc) is 2.92. The van der Waals surface area contributed by atoms with Gasteiger partial charge in [-0.3, -0.25) is 0 Å². The van der Waals surface area contributed by atoms with Gasteiger partial charge >= 0.3 is 0 Å². The van der Waals surface area contributed by atoms with E-state index in [1.807, 2.05) is 0 Å². The molecule has 0 nitrogen and oxygen atoms in total. The summed E-state index contributed by atoms with van der Waals surface area (Å²) >= 11 is 0. The fourth-order valence-electron chi connectivity index (χ4n) is 6.58. The Morgan fingerprint density at radius 1 is 0.657 bits per heavy atom. The van der Waals surface area contributed by atoms with E-state index in [0.29, 0.717) is 0 Å². The summed E-state index contributed by atoms with van der Waals surface area (Å²) < 4.78 is 0. The van der Waals surface area contributed by atoms with Crippen molar-refractivity contribution in [1.82, 2.24) is 0 Å². The lowest BCUT2D eigenvalue weighted by atomic mass is 9.78. The Labute approximate surface area is 216 Å². The molecule has 0 unspecified atom stereocenters. The third kappa shape index (κ3) is 8.09. The molecule has 35 heavy (non-hydrogen) atoms. The maximum Gasteiger partial charge on any atom is -0.0162 e. The molecule has 0 aromatic heterocycles. The van der Waals surface area contributed by atoms with Gasteiger partial charge in [-0.15, -0.1) is 0 Å². The second-order valence-electron chi connectivity index (χ2n) is 11.7. The monoisotopic (exact) mass is 470 g/mol. The number of unbranched alkanes of at least 4 members (excludes halogenated alkanes) is 2. The number of hydrogen-bond acceptors (Lipinski definition) is 0. The predicted molar refractivity (Wildman–Crippen MR) is 154 cm³/mol. The van der Waals surface area contributed by atoms with Crippen LogP contribution in [0, 0.1) is 17.8 Å². The molecule has 0 aliphatic heterocycles. The zero-order valence-corrected chi connectivity index (χ0v) is 22.7. The van der Waals surface area contributed by atoms with Crippen LogP contribution in [0.4, 0.5) is 0 Å². The number of hydrogen-bond donors (Lipinski definition) is 0. The van der Waals surface area contributed by atoms with Gasteiger partial charge in [-0.1, -0.05) is 126 Å². The molecule has 2 saturated carbocycles. The van der Waals surface area contributed by atoms with Crippen molar-refractivity contribution in [2.45, 2.75) is 116 Å². The van der Waals surface area contributed by atoms with Gasteiger partial charge in [-0.25, -0.2) is 0 Å². The SMILES string of the molecule is CCC/C=C/C1CCC(c2ccc(-c3ccc(CCC4CCC(CCCC)CC4)cc3)cc2)CC1. The first-order valence-electron chi connectivity index (χ1n) is 15.1. The Balaban J connectivity index is 1.22. The van der Waals surface area contributed by atoms with Crippen molar-refractivity contribution < 1.29 is 0 Å². The largest absolute Gasteiger partial charge is 0.0883 e. The van der Waals surface area contributed by atoms with Crippen LogP contribution in [-0.2, 0) is 6.42 Å². The third-order valence-corrected chi connectivity index (χ3v) is 9.08. The van der Waals surface area contributed by atoms with Crippen molar-refractivity contribution in [3.8, 4) is 11.1 Å². The van der Waals surface area contributed by atoms with E-state index >= 15 is 0 Å². The van der Waals surface area contributed by atoms with Crippen LogP contribution in [0.2, 0.25) is 0 Å². The highest BCUT2D eigenvalue weighted by Gasteiger charge is 2.21. The van der Waals surface area contributed by atoms with E-state index in [9.17, 15) is 0 Å². The van der Waals surface area contributed by atoms with Gasteiger partial charge in [0.1, 0.15) is 0 Å². The van der Waals surface area contributed by atoms with E-state index in [-0.39, 0.29) is 0 Å². The van der Waals surface area contributed by atoms with Crippen molar-refractivity contribution in [2.24, 2.45) is 17.8 Å². The summed E-state index contributed by atoms with van der Waals surface area (Å²) in [5.74, 6) is 3.56. The standard InChI is InChI=1S/C35H50/c1-3-5-7-9-29-16-20-32(21-17-29)34-24-26-35(27-25-34)33-22-18-31(19-23-33)15-14-30-12-10-28(11-13-30)8-6-4-2/h7,9,18-19,22-30,32H,3-6,8,10-17,20-21H2,1-2H3/b9-7+. The van der Waals surface area contributed by atoms with Gasteiger partial charge in [0.15, 0.2) is 0 Å². The summed E-state index contributed by atoms with van der Waals surface area (Å²) in [5.41, 5.74) is 5.79. The molecule has 2 aromatic rings. The smallest absolute Gasteiger partial charge is 0.0162 e. The Morgan fingerprint density at radius 2 is 1.26 bits per heavy atom. The summed E-state index contributed by atoms with van der Waals surface area (Å²) in [7, 11) is 0. The van der Waals surface area contributed by atoms with E-state index < -0.39 is 0 Å². The second kappa shape index (κ2) is 14.1. The quantitative estimate of drug-likeness (QED) is 0.286. The maximum absolute atomic E-state index is 2.49. The fourth-order valence-corrected chi connectivity index (χ4v) is 6.58. The second-order valence-corrected chi connectivity index (χ2v) is 11.7. The van der Waals surface area contributed by atoms with Crippen LogP contribution in [0.5, 0.6) is 0 Å². The van der Waals surface area contributed by atoms with Crippen LogP contribution >= 0.6 is 0 Å². The molecular formula is C35H50. The molecule has 0 N–H and O–H groups in total. The maximum atomic E-state index is 2.49. The van der Waals surface area contributed by atoms with Crippen molar-refractivity contribution in [1.29, 1.82) is 0 Å². The molecule has 190 valence electrons. The van der Waals surface area contributed by atoms with Crippen molar-refractivity contribution >= 4 is 0 Å². The van der Waals surface area contributed by atoms with Crippen LogP contribution in [0.15, 0.2) is 60.7 Å². The molecule has 4 rings (SSSR count). The van der Waals surface area contributed by atoms with Gasteiger partial charge in [-0.05, 0) is 90.9 Å². The lowest BCUT2D eigenvalue weighted by Gasteiger charge is -2.28. The van der Waals surface area contributed by atoms with Crippen molar-refractivity contribution in [3.63, 3.8) is 0 Å². The lowest BCUT2D eigenvalue weighted by molar-refractivity contribution is 0.250. The highest BCUT2D eigenvalue weighted by molar-refractivity contribution is 5.64. The molecule has 2 aromatic carbocycles. The van der Waals surface area contributed by atoms with Gasteiger partial charge in [0.25, 0.3) is 0 Å². The minimum absolute atomic E-state index is 0.754. The molecule has 0 heteroatoms. The van der Waals surface area contributed by atoms with Gasteiger partial charge in [0.05, 0.1) is 0 Å². The number of rotatable bonds is 11. The van der Waals surface area contributed by atoms with E-state index in [1.54, 1.807) is 5.56 Å². The first-order valence-corrected chi connectivity index (χ1v) is 15.1. The molecule has 0 atom stereocenters. The summed E-state index contributed by atoms with van der Waals surface area (Å²) in [4.78, 5) is 0. The number of benzene rings is 2. The summed E-state index contributed by atoms with van der Waals surface area (Å²) in [6.07, 6.45) is 25.6. The van der Waals surface area contributed by atoms with Gasteiger partial charge in [0, 0.05) is 0 Å². The minimum atomic E-state index is 0.754. The highest BCUT2D eigenvalue weighted by Crippen LogP contribution is 2.37. The van der Waals surface area contributed by atoms with E-state index in [2.05, 4.69) is 74.5 Å². The van der Waals surface area contributed by atoms with Crippen molar-refractivity contribution in [3.05, 3.63) is 71.8 Å². The minimum Gasteiger partial charge on any atom is -0.0883 e. The van der Waals surface area contributed by atoms with E-state index in [4.69, 9.17) is 0 Å². The molecule has 0 spiro atoms. The van der Waals surface area contributed by atoms with Crippen LogP contribution in [0.25, 0.3) is 11.1 Å². The summed E-state index contributed by atoms with van der Waals surface area (Å²) in [6.45, 7) is 4.59. The molecule has 2 aliphatic rings. The molecular weight excluding hydrogens is 420 g/mol. The zero-order chi connectivity index (χ0) is 24.3. The molecule has 0 bridgehead atoms. The Kier molecular flexibility index (Phi) is 10.5. The molecule has 0 radical (unpaired) electrons. The Hall–Kier alpha value is -1.82. The molecule has 2 fully saturated rings. The van der Waals surface area contributed by atoms with Crippen LogP contribution in [0.1, 0.15) is 121 Å². The topological polar surface area (TPSA) is 0 Å². The van der Waals surface area contributed by atoms with Crippen LogP contribution in [-0.4, -0.2) is 0 Å². The van der Waals surface area contributed by atoms with Crippen LogP contribution < -0.4 is 0 Å². The Bertz CT molecular complexity index is 855. The number of aryl methyl sites for hydroxylation is 1. The summed E-state index contributed by atoms with van der Waals surface area (Å²) in [6, 6.07) is 19.0. The molecule has 0 amide bonds. The highest BCUT2D eigenvalue weighted by atomic mass is 14.3. The van der Waals surface area contributed by atoms with Gasteiger partial charge < -0.3 is 0 Å². The third-order valence-electron chi connectivity index (χ3n) is 9.08. The summed E-state index contributed by atoms with van der Waals surface area (Å²) in [5, 5.41) is 0. The van der Waals surface area contributed by atoms with Crippen molar-refractivity contribution in [2.75, 3.05) is 0 Å². The number of allylic oxidation sites excluding steroid dienone is 2. The first-order chi connectivity index (χ1) is 17.2. The Morgan fingerprint density at radius 3 is 1.86 bits per heavy atom. The lowest BCUT2D eigenvalue weighted by Crippen LogP contribution is -2.15. The predicted octanol–water partition coefficient (Wildman–Crippen LogP) is 10.9. The first kappa shape index (κ1) is 26.2.